The molecule has 0 N–H and O–H groups in total. The number of halogens is 1. The van der Waals surface area contributed by atoms with Crippen LogP contribution >= 0.6 is 15.9 Å². The highest BCUT2D eigenvalue weighted by Crippen LogP contribution is 2.34. The number of ether oxygens (including phenoxy) is 1. The Morgan fingerprint density at radius 2 is 1.95 bits per heavy atom. The van der Waals surface area contributed by atoms with Gasteiger partial charge in [0, 0.05) is 24.3 Å². The molecule has 0 atom stereocenters. The number of methoxy groups -OCH3 is 1. The summed E-state index contributed by atoms with van der Waals surface area (Å²) in [4.78, 5) is 10.9. The Kier molecular flexibility index (Phi) is 5.47. The lowest BCUT2D eigenvalue weighted by Crippen LogP contribution is -1.97. The molecule has 0 spiro atoms. The molecule has 2 aromatic rings. The monoisotopic (exact) mass is 349 g/mol. The molecule has 0 amide bonds. The lowest BCUT2D eigenvalue weighted by molar-refractivity contribution is -0.384. The van der Waals surface area contributed by atoms with Gasteiger partial charge in [-0.2, -0.15) is 0 Å². The van der Waals surface area contributed by atoms with Crippen LogP contribution in [0.3, 0.4) is 0 Å². The van der Waals surface area contributed by atoms with Crippen LogP contribution in [-0.4, -0.2) is 18.6 Å². The van der Waals surface area contributed by atoms with E-state index in [1.54, 1.807) is 19.2 Å². The molecule has 0 aliphatic heterocycles. The van der Waals surface area contributed by atoms with Gasteiger partial charge in [-0.25, -0.2) is 0 Å². The van der Waals surface area contributed by atoms with E-state index in [9.17, 15) is 10.1 Å². The summed E-state index contributed by atoms with van der Waals surface area (Å²) in [6, 6.07) is 12.7. The molecule has 0 heterocycles. The maximum absolute atomic E-state index is 11.2. The average molecular weight is 350 g/mol. The summed E-state index contributed by atoms with van der Waals surface area (Å²) >= 11 is 3.44. The second-order valence-electron chi connectivity index (χ2n) is 4.67. The van der Waals surface area contributed by atoms with Crippen molar-refractivity contribution in [2.45, 2.75) is 12.8 Å². The second kappa shape index (κ2) is 7.33. The van der Waals surface area contributed by atoms with Gasteiger partial charge >= 0.3 is 0 Å². The van der Waals surface area contributed by atoms with Crippen molar-refractivity contribution < 1.29 is 9.66 Å². The van der Waals surface area contributed by atoms with Gasteiger partial charge in [0.15, 0.2) is 0 Å². The molecule has 0 aliphatic carbocycles. The first-order valence-corrected chi connectivity index (χ1v) is 7.44. The number of para-hydroxylation sites is 1. The summed E-state index contributed by atoms with van der Waals surface area (Å²) in [6.07, 6.45) is 1.70. The third kappa shape index (κ3) is 3.89. The first kappa shape index (κ1) is 15.7. The molecule has 0 bridgehead atoms. The number of hydrogen-bond acceptors (Lipinski definition) is 3. The molecule has 5 heteroatoms. The predicted octanol–water partition coefficient (Wildman–Crippen LogP) is 4.60. The summed E-state index contributed by atoms with van der Waals surface area (Å²) in [7, 11) is 1.67. The van der Waals surface area contributed by atoms with E-state index < -0.39 is 0 Å². The largest absolute Gasteiger partial charge is 0.385 e. The zero-order chi connectivity index (χ0) is 15.2. The predicted molar refractivity (Wildman–Crippen MR) is 86.4 cm³/mol. The highest BCUT2D eigenvalue weighted by Gasteiger charge is 2.17. The van der Waals surface area contributed by atoms with Crippen LogP contribution in [0.2, 0.25) is 0 Å². The van der Waals surface area contributed by atoms with Crippen LogP contribution in [0.4, 0.5) is 5.69 Å². The van der Waals surface area contributed by atoms with Gasteiger partial charge in [0.1, 0.15) is 0 Å². The lowest BCUT2D eigenvalue weighted by Gasteiger charge is -2.11. The first-order chi connectivity index (χ1) is 10.1. The minimum atomic E-state index is -0.338. The fraction of sp³-hybridized carbons (Fsp3) is 0.250. The Bertz CT molecular complexity index is 643. The maximum Gasteiger partial charge on any atom is 0.277 e. The van der Waals surface area contributed by atoms with Gasteiger partial charge in [-0.1, -0.05) is 34.1 Å². The van der Waals surface area contributed by atoms with Crippen LogP contribution in [0, 0.1) is 10.1 Å². The van der Waals surface area contributed by atoms with E-state index >= 15 is 0 Å². The molecule has 110 valence electrons. The molecule has 0 saturated carbocycles. The third-order valence-electron chi connectivity index (χ3n) is 3.26. The molecule has 0 aliphatic rings. The van der Waals surface area contributed by atoms with E-state index in [2.05, 4.69) is 15.9 Å². The molecule has 2 aromatic carbocycles. The van der Waals surface area contributed by atoms with Gasteiger partial charge in [0.25, 0.3) is 5.69 Å². The van der Waals surface area contributed by atoms with Gasteiger partial charge in [-0.05, 0) is 42.2 Å². The number of aryl methyl sites for hydroxylation is 1. The maximum atomic E-state index is 11.2. The third-order valence-corrected chi connectivity index (χ3v) is 3.75. The Morgan fingerprint density at radius 3 is 2.67 bits per heavy atom. The Balaban J connectivity index is 2.47. The van der Waals surface area contributed by atoms with Crippen molar-refractivity contribution in [2.75, 3.05) is 13.7 Å². The molecular formula is C16H16BrNO3. The SMILES string of the molecule is COCCCc1ccc(Br)cc1-c1ccccc1[N+](=O)[O-]. The average Bonchev–Trinajstić information content (AvgIpc) is 2.49. The van der Waals surface area contributed by atoms with Crippen molar-refractivity contribution >= 4 is 21.6 Å². The second-order valence-corrected chi connectivity index (χ2v) is 5.59. The molecule has 0 unspecified atom stereocenters. The molecular weight excluding hydrogens is 334 g/mol. The highest BCUT2D eigenvalue weighted by atomic mass is 79.9. The number of benzene rings is 2. The first-order valence-electron chi connectivity index (χ1n) is 6.64. The highest BCUT2D eigenvalue weighted by molar-refractivity contribution is 9.10. The molecule has 0 aromatic heterocycles. The smallest absolute Gasteiger partial charge is 0.277 e. The minimum Gasteiger partial charge on any atom is -0.385 e. The summed E-state index contributed by atoms with van der Waals surface area (Å²) in [6.45, 7) is 0.673. The van der Waals surface area contributed by atoms with Crippen LogP contribution in [-0.2, 0) is 11.2 Å². The van der Waals surface area contributed by atoms with E-state index in [0.29, 0.717) is 12.2 Å². The summed E-state index contributed by atoms with van der Waals surface area (Å²) in [5, 5.41) is 11.2. The lowest BCUT2D eigenvalue weighted by atomic mass is 9.95. The Morgan fingerprint density at radius 1 is 1.19 bits per heavy atom. The molecule has 4 nitrogen and oxygen atoms in total. The fourth-order valence-electron chi connectivity index (χ4n) is 2.28. The van der Waals surface area contributed by atoms with Crippen LogP contribution in [0.1, 0.15) is 12.0 Å². The summed E-state index contributed by atoms with van der Waals surface area (Å²) < 4.78 is 5.99. The van der Waals surface area contributed by atoms with Gasteiger partial charge in [-0.3, -0.25) is 10.1 Å². The van der Waals surface area contributed by atoms with E-state index in [-0.39, 0.29) is 10.6 Å². The standard InChI is InChI=1S/C16H16BrNO3/c1-21-10-4-5-12-8-9-13(17)11-15(12)14-6-2-3-7-16(14)18(19)20/h2-3,6-9,11H,4-5,10H2,1H3. The van der Waals surface area contributed by atoms with E-state index in [4.69, 9.17) is 4.74 Å². The summed E-state index contributed by atoms with van der Waals surface area (Å²) in [5.74, 6) is 0. The van der Waals surface area contributed by atoms with Gasteiger partial charge < -0.3 is 4.74 Å². The van der Waals surface area contributed by atoms with E-state index in [0.717, 1.165) is 28.4 Å². The normalized spacial score (nSPS) is 10.6. The van der Waals surface area contributed by atoms with Crippen molar-refractivity contribution in [3.05, 3.63) is 62.6 Å². The molecule has 21 heavy (non-hydrogen) atoms. The van der Waals surface area contributed by atoms with Gasteiger partial charge in [0.05, 0.1) is 10.5 Å². The van der Waals surface area contributed by atoms with Crippen molar-refractivity contribution in [2.24, 2.45) is 0 Å². The number of nitro benzene ring substituents is 1. The van der Waals surface area contributed by atoms with Crippen molar-refractivity contribution in [1.82, 2.24) is 0 Å². The van der Waals surface area contributed by atoms with Crippen molar-refractivity contribution in [3.8, 4) is 11.1 Å². The van der Waals surface area contributed by atoms with Crippen LogP contribution in [0.5, 0.6) is 0 Å². The van der Waals surface area contributed by atoms with Gasteiger partial charge in [-0.15, -0.1) is 0 Å². The molecule has 0 saturated heterocycles. The van der Waals surface area contributed by atoms with Crippen molar-refractivity contribution in [1.29, 1.82) is 0 Å². The Labute approximate surface area is 132 Å². The number of nitro groups is 1. The zero-order valence-electron chi connectivity index (χ0n) is 11.7. The molecule has 0 radical (unpaired) electrons. The van der Waals surface area contributed by atoms with Crippen LogP contribution in [0.15, 0.2) is 46.9 Å². The number of nitrogens with zero attached hydrogens (tertiary/aromatic N) is 1. The van der Waals surface area contributed by atoms with Gasteiger partial charge in [0.2, 0.25) is 0 Å². The number of rotatable bonds is 6. The van der Waals surface area contributed by atoms with Crippen molar-refractivity contribution in [3.63, 3.8) is 0 Å². The Hall–Kier alpha value is -1.72. The molecule has 0 fully saturated rings. The summed E-state index contributed by atoms with van der Waals surface area (Å²) in [5.41, 5.74) is 2.76. The van der Waals surface area contributed by atoms with Crippen LogP contribution < -0.4 is 0 Å². The minimum absolute atomic E-state index is 0.128. The number of hydrogen-bond donors (Lipinski definition) is 0. The zero-order valence-corrected chi connectivity index (χ0v) is 13.3. The quantitative estimate of drug-likeness (QED) is 0.435. The van der Waals surface area contributed by atoms with E-state index in [1.807, 2.05) is 24.3 Å². The van der Waals surface area contributed by atoms with Crippen LogP contribution in [0.25, 0.3) is 11.1 Å². The molecule has 2 rings (SSSR count). The topological polar surface area (TPSA) is 52.4 Å². The fourth-order valence-corrected chi connectivity index (χ4v) is 2.65. The van der Waals surface area contributed by atoms with E-state index in [1.165, 1.54) is 6.07 Å².